The van der Waals surface area contributed by atoms with Crippen LogP contribution in [0.1, 0.15) is 20.3 Å². The lowest BCUT2D eigenvalue weighted by molar-refractivity contribution is 0.523. The zero-order valence-electron chi connectivity index (χ0n) is 11.8. The molecule has 3 nitrogen and oxygen atoms in total. The van der Waals surface area contributed by atoms with Gasteiger partial charge < -0.3 is 15.1 Å². The first-order chi connectivity index (χ1) is 8.72. The molecule has 1 aromatic carbocycles. The topological polar surface area (TPSA) is 18.5 Å². The number of benzene rings is 1. The van der Waals surface area contributed by atoms with Crippen LogP contribution in [-0.2, 0) is 0 Å². The van der Waals surface area contributed by atoms with Gasteiger partial charge in [0.2, 0.25) is 0 Å². The van der Waals surface area contributed by atoms with Crippen LogP contribution in [0.4, 0.5) is 11.4 Å². The number of rotatable bonds is 5. The van der Waals surface area contributed by atoms with Crippen molar-refractivity contribution in [2.24, 2.45) is 0 Å². The van der Waals surface area contributed by atoms with E-state index in [0.29, 0.717) is 6.04 Å². The van der Waals surface area contributed by atoms with Crippen molar-refractivity contribution >= 4 is 11.4 Å². The van der Waals surface area contributed by atoms with Gasteiger partial charge in [0.15, 0.2) is 0 Å². The SMILES string of the molecule is CCNC(C)CCN1CCN(C)c2ccccc21. The molecule has 0 radical (unpaired) electrons. The Kier molecular flexibility index (Phi) is 4.48. The predicted octanol–water partition coefficient (Wildman–Crippen LogP) is 2.33. The quantitative estimate of drug-likeness (QED) is 0.861. The molecule has 18 heavy (non-hydrogen) atoms. The van der Waals surface area contributed by atoms with E-state index in [1.807, 2.05) is 0 Å². The number of nitrogens with zero attached hydrogens (tertiary/aromatic N) is 2. The fourth-order valence-corrected chi connectivity index (χ4v) is 2.60. The van der Waals surface area contributed by atoms with Crippen LogP contribution in [0.3, 0.4) is 0 Å². The van der Waals surface area contributed by atoms with Gasteiger partial charge in [-0.1, -0.05) is 19.1 Å². The molecule has 0 saturated carbocycles. The number of hydrogen-bond donors (Lipinski definition) is 1. The Balaban J connectivity index is 2.00. The van der Waals surface area contributed by atoms with Crippen molar-refractivity contribution in [2.45, 2.75) is 26.3 Å². The molecule has 0 amide bonds. The van der Waals surface area contributed by atoms with Crippen molar-refractivity contribution in [1.82, 2.24) is 5.32 Å². The van der Waals surface area contributed by atoms with Crippen LogP contribution in [0, 0.1) is 0 Å². The first kappa shape index (κ1) is 13.2. The highest BCUT2D eigenvalue weighted by Gasteiger charge is 2.19. The third-order valence-electron chi connectivity index (χ3n) is 3.72. The molecule has 0 saturated heterocycles. The molecule has 1 aromatic rings. The van der Waals surface area contributed by atoms with Crippen LogP contribution in [0.25, 0.3) is 0 Å². The summed E-state index contributed by atoms with van der Waals surface area (Å²) in [6.45, 7) is 8.88. The number of para-hydroxylation sites is 2. The summed E-state index contributed by atoms with van der Waals surface area (Å²) >= 11 is 0. The van der Waals surface area contributed by atoms with E-state index < -0.39 is 0 Å². The summed E-state index contributed by atoms with van der Waals surface area (Å²) in [4.78, 5) is 4.86. The summed E-state index contributed by atoms with van der Waals surface area (Å²) in [6, 6.07) is 9.32. The molecule has 0 bridgehead atoms. The highest BCUT2D eigenvalue weighted by molar-refractivity contribution is 5.72. The average Bonchev–Trinajstić information content (AvgIpc) is 2.39. The van der Waals surface area contributed by atoms with E-state index >= 15 is 0 Å². The third kappa shape index (κ3) is 2.96. The van der Waals surface area contributed by atoms with Crippen LogP contribution in [0.15, 0.2) is 24.3 Å². The highest BCUT2D eigenvalue weighted by atomic mass is 15.2. The lowest BCUT2D eigenvalue weighted by Gasteiger charge is -2.37. The average molecular weight is 247 g/mol. The van der Waals surface area contributed by atoms with Crippen molar-refractivity contribution in [3.63, 3.8) is 0 Å². The molecule has 0 fully saturated rings. The summed E-state index contributed by atoms with van der Waals surface area (Å²) in [6.07, 6.45) is 1.20. The van der Waals surface area contributed by atoms with Crippen molar-refractivity contribution in [1.29, 1.82) is 0 Å². The summed E-state index contributed by atoms with van der Waals surface area (Å²) < 4.78 is 0. The largest absolute Gasteiger partial charge is 0.371 e. The van der Waals surface area contributed by atoms with Gasteiger partial charge in [-0.05, 0) is 32.0 Å². The number of nitrogens with one attached hydrogen (secondary N) is 1. The van der Waals surface area contributed by atoms with Crippen molar-refractivity contribution < 1.29 is 0 Å². The Labute approximate surface area is 111 Å². The second-order valence-electron chi connectivity index (χ2n) is 5.14. The molecule has 2 rings (SSSR count). The second-order valence-corrected chi connectivity index (χ2v) is 5.14. The van der Waals surface area contributed by atoms with Crippen LogP contribution < -0.4 is 15.1 Å². The van der Waals surface area contributed by atoms with Gasteiger partial charge >= 0.3 is 0 Å². The lowest BCUT2D eigenvalue weighted by Crippen LogP contribution is -2.41. The number of hydrogen-bond acceptors (Lipinski definition) is 3. The maximum atomic E-state index is 3.48. The highest BCUT2D eigenvalue weighted by Crippen LogP contribution is 2.31. The van der Waals surface area contributed by atoms with E-state index in [-0.39, 0.29) is 0 Å². The molecule has 1 heterocycles. The Bertz CT molecular complexity index is 378. The number of likely N-dealkylation sites (N-methyl/N-ethyl adjacent to an activating group) is 1. The fraction of sp³-hybridized carbons (Fsp3) is 0.600. The van der Waals surface area contributed by atoms with Crippen LogP contribution in [0.5, 0.6) is 0 Å². The normalized spacial score (nSPS) is 16.6. The predicted molar refractivity (Wildman–Crippen MR) is 79.7 cm³/mol. The van der Waals surface area contributed by atoms with E-state index in [1.54, 1.807) is 0 Å². The zero-order valence-corrected chi connectivity index (χ0v) is 11.8. The minimum Gasteiger partial charge on any atom is -0.371 e. The van der Waals surface area contributed by atoms with Crippen LogP contribution in [-0.4, -0.2) is 39.3 Å². The van der Waals surface area contributed by atoms with Crippen LogP contribution in [0.2, 0.25) is 0 Å². The monoisotopic (exact) mass is 247 g/mol. The molecule has 0 aliphatic carbocycles. The Morgan fingerprint density at radius 1 is 1.22 bits per heavy atom. The van der Waals surface area contributed by atoms with Gasteiger partial charge in [0.05, 0.1) is 11.4 Å². The van der Waals surface area contributed by atoms with E-state index in [9.17, 15) is 0 Å². The van der Waals surface area contributed by atoms with Gasteiger partial charge in [-0.3, -0.25) is 0 Å². The maximum Gasteiger partial charge on any atom is 0.0604 e. The smallest absolute Gasteiger partial charge is 0.0604 e. The second kappa shape index (κ2) is 6.10. The first-order valence-electron chi connectivity index (χ1n) is 7.01. The van der Waals surface area contributed by atoms with Gasteiger partial charge in [0, 0.05) is 32.7 Å². The zero-order chi connectivity index (χ0) is 13.0. The Morgan fingerprint density at radius 3 is 2.67 bits per heavy atom. The first-order valence-corrected chi connectivity index (χ1v) is 7.01. The minimum absolute atomic E-state index is 0.599. The van der Waals surface area contributed by atoms with Gasteiger partial charge in [-0.15, -0.1) is 0 Å². The molecular weight excluding hydrogens is 222 g/mol. The molecule has 1 atom stereocenters. The van der Waals surface area contributed by atoms with Gasteiger partial charge in [0.25, 0.3) is 0 Å². The van der Waals surface area contributed by atoms with Crippen LogP contribution >= 0.6 is 0 Å². The summed E-state index contributed by atoms with van der Waals surface area (Å²) in [5.74, 6) is 0. The van der Waals surface area contributed by atoms with Gasteiger partial charge in [0.1, 0.15) is 0 Å². The Morgan fingerprint density at radius 2 is 1.94 bits per heavy atom. The van der Waals surface area contributed by atoms with E-state index in [2.05, 4.69) is 60.3 Å². The summed E-state index contributed by atoms with van der Waals surface area (Å²) in [7, 11) is 2.18. The maximum absolute atomic E-state index is 3.48. The lowest BCUT2D eigenvalue weighted by atomic mass is 10.1. The van der Waals surface area contributed by atoms with Gasteiger partial charge in [-0.25, -0.2) is 0 Å². The molecule has 0 spiro atoms. The van der Waals surface area contributed by atoms with Crippen molar-refractivity contribution in [3.8, 4) is 0 Å². The number of anilines is 2. The number of fused-ring (bicyclic) bond motifs is 1. The van der Waals surface area contributed by atoms with E-state index in [0.717, 1.165) is 26.2 Å². The molecule has 0 aromatic heterocycles. The molecule has 1 N–H and O–H groups in total. The van der Waals surface area contributed by atoms with E-state index in [4.69, 9.17) is 0 Å². The van der Waals surface area contributed by atoms with E-state index in [1.165, 1.54) is 17.8 Å². The van der Waals surface area contributed by atoms with Crippen molar-refractivity contribution in [3.05, 3.63) is 24.3 Å². The van der Waals surface area contributed by atoms with Crippen molar-refractivity contribution in [2.75, 3.05) is 43.0 Å². The van der Waals surface area contributed by atoms with Gasteiger partial charge in [-0.2, -0.15) is 0 Å². The minimum atomic E-state index is 0.599. The fourth-order valence-electron chi connectivity index (χ4n) is 2.60. The molecule has 1 unspecified atom stereocenters. The summed E-state index contributed by atoms with van der Waals surface area (Å²) in [5, 5.41) is 3.48. The molecule has 1 aliphatic rings. The summed E-state index contributed by atoms with van der Waals surface area (Å²) in [5.41, 5.74) is 2.75. The molecule has 3 heteroatoms. The molecular formula is C15H25N3. The molecule has 100 valence electrons. The molecule has 1 aliphatic heterocycles. The third-order valence-corrected chi connectivity index (χ3v) is 3.72. The standard InChI is InChI=1S/C15H25N3/c1-4-16-13(2)9-10-18-12-11-17(3)14-7-5-6-8-15(14)18/h5-8,13,16H,4,9-12H2,1-3H3. The Hall–Kier alpha value is -1.22.